The van der Waals surface area contributed by atoms with Gasteiger partial charge in [-0.1, -0.05) is 17.7 Å². The Balaban J connectivity index is 1.43. The average molecular weight is 357 g/mol. The van der Waals surface area contributed by atoms with E-state index in [2.05, 4.69) is 10.2 Å². The highest BCUT2D eigenvalue weighted by Crippen LogP contribution is 2.18. The number of amides is 1. The van der Waals surface area contributed by atoms with Crippen LogP contribution in [0, 0.1) is 6.92 Å². The Hall–Kier alpha value is -2.70. The number of likely N-dealkylation sites (tertiary alicyclic amines) is 1. The van der Waals surface area contributed by atoms with E-state index >= 15 is 0 Å². The van der Waals surface area contributed by atoms with Crippen molar-refractivity contribution in [2.45, 2.75) is 39.0 Å². The summed E-state index contributed by atoms with van der Waals surface area (Å²) in [6.45, 7) is 3.31. The van der Waals surface area contributed by atoms with Crippen LogP contribution < -0.4 is 0 Å². The second kappa shape index (κ2) is 8.60. The minimum absolute atomic E-state index is 0.100. The summed E-state index contributed by atoms with van der Waals surface area (Å²) in [5, 5.41) is 7.96. The highest BCUT2D eigenvalue weighted by atomic mass is 16.5. The second-order valence-electron chi connectivity index (χ2n) is 6.47. The molecule has 1 saturated heterocycles. The van der Waals surface area contributed by atoms with Gasteiger partial charge in [0.1, 0.15) is 0 Å². The molecule has 1 aromatic heterocycles. The van der Waals surface area contributed by atoms with Gasteiger partial charge in [0.05, 0.1) is 6.42 Å². The Morgan fingerprint density at radius 2 is 1.85 bits per heavy atom. The third-order valence-electron chi connectivity index (χ3n) is 4.37. The fourth-order valence-electron chi connectivity index (χ4n) is 2.83. The van der Waals surface area contributed by atoms with Crippen LogP contribution in [0.4, 0.5) is 0 Å². The fourth-order valence-corrected chi connectivity index (χ4v) is 2.83. The molecule has 7 heteroatoms. The van der Waals surface area contributed by atoms with E-state index < -0.39 is 5.97 Å². The van der Waals surface area contributed by atoms with Gasteiger partial charge in [-0.3, -0.25) is 9.59 Å². The van der Waals surface area contributed by atoms with E-state index in [0.29, 0.717) is 11.8 Å². The number of carbonyl (C=O) groups is 2. The van der Waals surface area contributed by atoms with Crippen molar-refractivity contribution in [1.82, 2.24) is 15.1 Å². The third kappa shape index (κ3) is 4.91. The van der Waals surface area contributed by atoms with Crippen LogP contribution >= 0.6 is 0 Å². The minimum Gasteiger partial charge on any atom is -0.456 e. The number of esters is 1. The highest BCUT2D eigenvalue weighted by Gasteiger charge is 2.18. The van der Waals surface area contributed by atoms with Gasteiger partial charge >= 0.3 is 5.97 Å². The first-order valence-electron chi connectivity index (χ1n) is 8.94. The van der Waals surface area contributed by atoms with Gasteiger partial charge in [0.25, 0.3) is 5.91 Å². The van der Waals surface area contributed by atoms with E-state index in [0.717, 1.165) is 43.5 Å². The zero-order chi connectivity index (χ0) is 18.4. The van der Waals surface area contributed by atoms with E-state index in [1.165, 1.54) is 0 Å². The number of aryl methyl sites for hydroxylation is 2. The first-order valence-corrected chi connectivity index (χ1v) is 8.94. The first kappa shape index (κ1) is 18.1. The van der Waals surface area contributed by atoms with Crippen molar-refractivity contribution in [3.63, 3.8) is 0 Å². The van der Waals surface area contributed by atoms with Crippen LogP contribution in [-0.4, -0.2) is 46.7 Å². The van der Waals surface area contributed by atoms with Gasteiger partial charge < -0.3 is 14.1 Å². The molecule has 0 N–H and O–H groups in total. The molecule has 26 heavy (non-hydrogen) atoms. The molecule has 0 spiro atoms. The quantitative estimate of drug-likeness (QED) is 0.739. The van der Waals surface area contributed by atoms with Gasteiger partial charge in [-0.15, -0.1) is 10.2 Å². The molecule has 0 unspecified atom stereocenters. The third-order valence-corrected chi connectivity index (χ3v) is 4.37. The molecule has 3 rings (SSSR count). The first-order chi connectivity index (χ1) is 12.6. The lowest BCUT2D eigenvalue weighted by molar-refractivity contribution is -0.152. The molecule has 0 radical (unpaired) electrons. The lowest BCUT2D eigenvalue weighted by Crippen LogP contribution is -2.38. The molecule has 7 nitrogen and oxygen atoms in total. The van der Waals surface area contributed by atoms with Crippen LogP contribution in [0.15, 0.2) is 28.7 Å². The van der Waals surface area contributed by atoms with Gasteiger partial charge in [0.2, 0.25) is 11.8 Å². The smallest absolute Gasteiger partial charge is 0.306 e. The zero-order valence-electron chi connectivity index (χ0n) is 14.9. The van der Waals surface area contributed by atoms with E-state index in [9.17, 15) is 9.59 Å². The summed E-state index contributed by atoms with van der Waals surface area (Å²) in [5.74, 6) is 0.233. The maximum Gasteiger partial charge on any atom is 0.306 e. The molecule has 1 fully saturated rings. The number of hydrogen-bond donors (Lipinski definition) is 0. The van der Waals surface area contributed by atoms with Gasteiger partial charge in [-0.05, 0) is 38.3 Å². The summed E-state index contributed by atoms with van der Waals surface area (Å²) >= 11 is 0. The average Bonchev–Trinajstić information content (AvgIpc) is 3.14. The minimum atomic E-state index is -0.439. The number of hydrogen-bond acceptors (Lipinski definition) is 6. The number of nitrogens with zero attached hydrogens (tertiary/aromatic N) is 3. The molecule has 2 heterocycles. The Kier molecular flexibility index (Phi) is 5.99. The lowest BCUT2D eigenvalue weighted by atomic mass is 10.1. The molecule has 1 aromatic carbocycles. The Bertz CT molecular complexity index is 748. The Labute approximate surface area is 152 Å². The van der Waals surface area contributed by atoms with Crippen LogP contribution in [-0.2, 0) is 20.7 Å². The van der Waals surface area contributed by atoms with Crippen LogP contribution in [0.2, 0.25) is 0 Å². The van der Waals surface area contributed by atoms with Crippen LogP contribution in [0.1, 0.15) is 37.1 Å². The Morgan fingerprint density at radius 3 is 2.58 bits per heavy atom. The second-order valence-corrected chi connectivity index (χ2v) is 6.47. The number of piperidine rings is 1. The summed E-state index contributed by atoms with van der Waals surface area (Å²) in [6, 6.07) is 7.76. The number of ether oxygens (including phenoxy) is 1. The van der Waals surface area contributed by atoms with E-state index in [-0.39, 0.29) is 25.4 Å². The molecule has 0 aliphatic carbocycles. The van der Waals surface area contributed by atoms with E-state index in [1.54, 1.807) is 4.90 Å². The van der Waals surface area contributed by atoms with Crippen molar-refractivity contribution >= 4 is 11.9 Å². The molecule has 0 saturated carbocycles. The van der Waals surface area contributed by atoms with Gasteiger partial charge in [0.15, 0.2) is 6.61 Å². The maximum absolute atomic E-state index is 12.0. The van der Waals surface area contributed by atoms with Crippen molar-refractivity contribution in [2.75, 3.05) is 19.7 Å². The standard InChI is InChI=1S/C19H23N3O4/c1-14-5-7-15(8-6-14)19-21-20-16(26-19)9-10-18(24)25-13-17(23)22-11-3-2-4-12-22/h5-8H,2-4,9-13H2,1H3. The van der Waals surface area contributed by atoms with Crippen molar-refractivity contribution in [3.8, 4) is 11.5 Å². The molecule has 0 atom stereocenters. The number of aromatic nitrogens is 2. The van der Waals surface area contributed by atoms with Gasteiger partial charge in [0, 0.05) is 25.1 Å². The molecular formula is C19H23N3O4. The summed E-state index contributed by atoms with van der Waals surface area (Å²) in [4.78, 5) is 25.6. The van der Waals surface area contributed by atoms with Gasteiger partial charge in [-0.25, -0.2) is 0 Å². The number of rotatable bonds is 6. The molecule has 1 amide bonds. The number of benzene rings is 1. The zero-order valence-corrected chi connectivity index (χ0v) is 14.9. The van der Waals surface area contributed by atoms with Crippen LogP contribution in [0.3, 0.4) is 0 Å². The Morgan fingerprint density at radius 1 is 1.12 bits per heavy atom. The molecule has 138 valence electrons. The van der Waals surface area contributed by atoms with Crippen LogP contribution in [0.25, 0.3) is 11.5 Å². The molecule has 2 aromatic rings. The molecule has 0 bridgehead atoms. The monoisotopic (exact) mass is 357 g/mol. The molecule has 1 aliphatic heterocycles. The largest absolute Gasteiger partial charge is 0.456 e. The molecule has 1 aliphatic rings. The summed E-state index contributed by atoms with van der Waals surface area (Å²) in [7, 11) is 0. The van der Waals surface area contributed by atoms with E-state index in [1.807, 2.05) is 31.2 Å². The SMILES string of the molecule is Cc1ccc(-c2nnc(CCC(=O)OCC(=O)N3CCCCC3)o2)cc1. The predicted octanol–water partition coefficient (Wildman–Crippen LogP) is 2.53. The molecular weight excluding hydrogens is 334 g/mol. The number of carbonyl (C=O) groups excluding carboxylic acids is 2. The maximum atomic E-state index is 12.0. The summed E-state index contributed by atoms with van der Waals surface area (Å²) in [5.41, 5.74) is 1.99. The van der Waals surface area contributed by atoms with Crippen molar-refractivity contribution in [3.05, 3.63) is 35.7 Å². The van der Waals surface area contributed by atoms with Crippen molar-refractivity contribution < 1.29 is 18.7 Å². The summed E-state index contributed by atoms with van der Waals surface area (Å²) in [6.07, 6.45) is 3.57. The highest BCUT2D eigenvalue weighted by molar-refractivity contribution is 5.80. The summed E-state index contributed by atoms with van der Waals surface area (Å²) < 4.78 is 10.6. The predicted molar refractivity (Wildman–Crippen MR) is 94.2 cm³/mol. The van der Waals surface area contributed by atoms with Gasteiger partial charge in [-0.2, -0.15) is 0 Å². The lowest BCUT2D eigenvalue weighted by Gasteiger charge is -2.26. The van der Waals surface area contributed by atoms with Crippen molar-refractivity contribution in [2.24, 2.45) is 0 Å². The van der Waals surface area contributed by atoms with Crippen molar-refractivity contribution in [1.29, 1.82) is 0 Å². The normalized spacial score (nSPS) is 14.3. The topological polar surface area (TPSA) is 85.5 Å². The van der Waals surface area contributed by atoms with Crippen LogP contribution in [0.5, 0.6) is 0 Å². The van der Waals surface area contributed by atoms with E-state index in [4.69, 9.17) is 9.15 Å². The fraction of sp³-hybridized carbons (Fsp3) is 0.474.